The molecule has 0 saturated carbocycles. The lowest BCUT2D eigenvalue weighted by molar-refractivity contribution is 1.54. The lowest BCUT2D eigenvalue weighted by atomic mass is 11.0. The van der Waals surface area contributed by atoms with E-state index in [1.165, 1.54) is 0 Å². The molecule has 0 aromatic heterocycles. The van der Waals surface area contributed by atoms with E-state index >= 15 is 0 Å². The van der Waals surface area contributed by atoms with Gasteiger partial charge >= 0.3 is 0 Å². The first-order valence-electron chi connectivity index (χ1n) is 2.92. The Labute approximate surface area is 80.7 Å². The largest absolute Gasteiger partial charge is 0.132 e. The molecular formula is C6H10Cl2S2. The van der Waals surface area contributed by atoms with Gasteiger partial charge in [-0.25, -0.2) is 0 Å². The van der Waals surface area contributed by atoms with Gasteiger partial charge in [-0.1, -0.05) is 0 Å². The highest BCUT2D eigenvalue weighted by Crippen LogP contribution is 2.08. The van der Waals surface area contributed by atoms with Crippen LogP contribution in [0.1, 0.15) is 0 Å². The van der Waals surface area contributed by atoms with E-state index < -0.39 is 0 Å². The maximum absolute atomic E-state index is 5.46. The monoisotopic (exact) mass is 216 g/mol. The number of hydrogen-bond donors (Lipinski definition) is 0. The average molecular weight is 217 g/mol. The minimum Gasteiger partial charge on any atom is -0.132 e. The topological polar surface area (TPSA) is 0 Å². The van der Waals surface area contributed by atoms with Gasteiger partial charge in [0.15, 0.2) is 0 Å². The van der Waals surface area contributed by atoms with Gasteiger partial charge in [0.2, 0.25) is 0 Å². The van der Waals surface area contributed by atoms with E-state index in [0.717, 1.165) is 23.3 Å². The van der Waals surface area contributed by atoms with Crippen LogP contribution in [-0.2, 0) is 0 Å². The SMILES string of the molecule is ClCCS/C=C\SCCCl. The fourth-order valence-corrected chi connectivity index (χ4v) is 1.92. The normalized spacial score (nSPS) is 11.0. The quantitative estimate of drug-likeness (QED) is 0.494. The fourth-order valence-electron chi connectivity index (χ4n) is 0.304. The predicted molar refractivity (Wildman–Crippen MR) is 55.5 cm³/mol. The van der Waals surface area contributed by atoms with Crippen molar-refractivity contribution in [3.63, 3.8) is 0 Å². The molecule has 0 aliphatic rings. The first-order valence-corrected chi connectivity index (χ1v) is 6.08. The van der Waals surface area contributed by atoms with Crippen molar-refractivity contribution in [3.8, 4) is 0 Å². The van der Waals surface area contributed by atoms with Crippen molar-refractivity contribution < 1.29 is 0 Å². The van der Waals surface area contributed by atoms with Crippen LogP contribution in [0, 0.1) is 0 Å². The molecule has 60 valence electrons. The molecule has 0 radical (unpaired) electrons. The van der Waals surface area contributed by atoms with E-state index in [0.29, 0.717) is 0 Å². The second-order valence-corrected chi connectivity index (χ2v) is 4.18. The van der Waals surface area contributed by atoms with Crippen molar-refractivity contribution >= 4 is 46.7 Å². The summed E-state index contributed by atoms with van der Waals surface area (Å²) in [5, 5.41) is 4.11. The van der Waals surface area contributed by atoms with Gasteiger partial charge in [0.05, 0.1) is 0 Å². The van der Waals surface area contributed by atoms with Gasteiger partial charge < -0.3 is 0 Å². The minimum absolute atomic E-state index is 0.717. The summed E-state index contributed by atoms with van der Waals surface area (Å²) in [7, 11) is 0. The van der Waals surface area contributed by atoms with Crippen LogP contribution in [-0.4, -0.2) is 23.3 Å². The zero-order valence-electron chi connectivity index (χ0n) is 5.56. The first-order chi connectivity index (χ1) is 4.91. The average Bonchev–Trinajstić information content (AvgIpc) is 1.97. The molecule has 0 nitrogen and oxygen atoms in total. The van der Waals surface area contributed by atoms with Crippen molar-refractivity contribution in [3.05, 3.63) is 10.8 Å². The van der Waals surface area contributed by atoms with Gasteiger partial charge in [-0.05, 0) is 10.8 Å². The second kappa shape index (κ2) is 10.0. The Morgan fingerprint density at radius 2 is 1.30 bits per heavy atom. The van der Waals surface area contributed by atoms with Crippen LogP contribution >= 0.6 is 46.7 Å². The van der Waals surface area contributed by atoms with E-state index in [2.05, 4.69) is 10.8 Å². The van der Waals surface area contributed by atoms with E-state index in [4.69, 9.17) is 23.2 Å². The van der Waals surface area contributed by atoms with Gasteiger partial charge in [-0.3, -0.25) is 0 Å². The third kappa shape index (κ3) is 9.02. The summed E-state index contributed by atoms with van der Waals surface area (Å²) in [6, 6.07) is 0. The molecule has 10 heavy (non-hydrogen) atoms. The number of hydrogen-bond acceptors (Lipinski definition) is 2. The van der Waals surface area contributed by atoms with Crippen LogP contribution in [0.25, 0.3) is 0 Å². The molecule has 0 aliphatic carbocycles. The fraction of sp³-hybridized carbons (Fsp3) is 0.667. The number of halogens is 2. The van der Waals surface area contributed by atoms with Crippen LogP contribution < -0.4 is 0 Å². The molecule has 0 spiro atoms. The highest BCUT2D eigenvalue weighted by atomic mass is 35.5. The summed E-state index contributed by atoms with van der Waals surface area (Å²) in [6.45, 7) is 0. The summed E-state index contributed by atoms with van der Waals surface area (Å²) in [4.78, 5) is 0. The summed E-state index contributed by atoms with van der Waals surface area (Å²) in [5.74, 6) is 3.41. The zero-order chi connectivity index (χ0) is 7.66. The highest BCUT2D eigenvalue weighted by Gasteiger charge is 1.80. The molecule has 0 atom stereocenters. The minimum atomic E-state index is 0.717. The van der Waals surface area contributed by atoms with Gasteiger partial charge in [0, 0.05) is 23.3 Å². The highest BCUT2D eigenvalue weighted by molar-refractivity contribution is 8.05. The van der Waals surface area contributed by atoms with Gasteiger partial charge in [0.1, 0.15) is 0 Å². The molecule has 0 N–H and O–H groups in total. The summed E-state index contributed by atoms with van der Waals surface area (Å²) in [6.07, 6.45) is 0. The number of thioether (sulfide) groups is 2. The standard InChI is InChI=1S/C6H10Cl2S2/c7-1-3-9-5-6-10-4-2-8/h5-6H,1-4H2/b6-5-. The molecular weight excluding hydrogens is 207 g/mol. The molecule has 0 aliphatic heterocycles. The Hall–Kier alpha value is 1.02. The Kier molecular flexibility index (Phi) is 11.0. The van der Waals surface area contributed by atoms with Gasteiger partial charge in [-0.2, -0.15) is 0 Å². The molecule has 0 heterocycles. The summed E-state index contributed by atoms with van der Waals surface area (Å²) in [5.41, 5.74) is 0. The summed E-state index contributed by atoms with van der Waals surface area (Å²) < 4.78 is 0. The van der Waals surface area contributed by atoms with E-state index in [9.17, 15) is 0 Å². The van der Waals surface area contributed by atoms with E-state index in [1.807, 2.05) is 0 Å². The second-order valence-electron chi connectivity index (χ2n) is 1.39. The van der Waals surface area contributed by atoms with Gasteiger partial charge in [-0.15, -0.1) is 46.7 Å². The smallest absolute Gasteiger partial charge is 0.0317 e. The molecule has 0 unspecified atom stereocenters. The third-order valence-corrected chi connectivity index (χ3v) is 3.17. The van der Waals surface area contributed by atoms with E-state index in [-0.39, 0.29) is 0 Å². The van der Waals surface area contributed by atoms with Crippen LogP contribution in [0.5, 0.6) is 0 Å². The van der Waals surface area contributed by atoms with Crippen molar-refractivity contribution in [2.24, 2.45) is 0 Å². The zero-order valence-corrected chi connectivity index (χ0v) is 8.70. The molecule has 0 saturated heterocycles. The van der Waals surface area contributed by atoms with Gasteiger partial charge in [0.25, 0.3) is 0 Å². The molecule has 0 fully saturated rings. The third-order valence-electron chi connectivity index (χ3n) is 0.638. The number of alkyl halides is 2. The Morgan fingerprint density at radius 1 is 0.900 bits per heavy atom. The Morgan fingerprint density at radius 3 is 1.60 bits per heavy atom. The maximum atomic E-state index is 5.46. The number of rotatable bonds is 6. The Balaban J connectivity index is 2.89. The van der Waals surface area contributed by atoms with Crippen molar-refractivity contribution in [2.75, 3.05) is 23.3 Å². The van der Waals surface area contributed by atoms with Crippen LogP contribution in [0.3, 0.4) is 0 Å². The molecule has 0 aromatic rings. The van der Waals surface area contributed by atoms with Crippen LogP contribution in [0.2, 0.25) is 0 Å². The molecule has 4 heteroatoms. The molecule has 0 bridgehead atoms. The first kappa shape index (κ1) is 11.0. The predicted octanol–water partition coefficient (Wildman–Crippen LogP) is 3.40. The van der Waals surface area contributed by atoms with E-state index in [1.54, 1.807) is 23.5 Å². The van der Waals surface area contributed by atoms with Crippen molar-refractivity contribution in [2.45, 2.75) is 0 Å². The maximum Gasteiger partial charge on any atom is 0.0317 e. The Bertz CT molecular complexity index is 75.8. The molecule has 0 rings (SSSR count). The summed E-state index contributed by atoms with van der Waals surface area (Å²) >= 11 is 14.4. The van der Waals surface area contributed by atoms with Crippen molar-refractivity contribution in [1.82, 2.24) is 0 Å². The van der Waals surface area contributed by atoms with Crippen LogP contribution in [0.4, 0.5) is 0 Å². The molecule has 0 aromatic carbocycles. The lowest BCUT2D eigenvalue weighted by Gasteiger charge is -1.88. The molecule has 0 amide bonds. The van der Waals surface area contributed by atoms with Crippen molar-refractivity contribution in [1.29, 1.82) is 0 Å². The van der Waals surface area contributed by atoms with Crippen LogP contribution in [0.15, 0.2) is 10.8 Å². The lowest BCUT2D eigenvalue weighted by Crippen LogP contribution is -1.74.